The van der Waals surface area contributed by atoms with Crippen molar-refractivity contribution >= 4 is 11.9 Å². The molecular formula is C17H16FN3S. The minimum Gasteiger partial charge on any atom is -0.316 e. The number of hydrogen-bond donors (Lipinski definition) is 1. The second kappa shape index (κ2) is 6.09. The molecular weight excluding hydrogens is 297 g/mol. The first-order valence-electron chi connectivity index (χ1n) is 7.03. The number of hydrogen-bond acceptors (Lipinski definition) is 4. The molecule has 1 aliphatic heterocycles. The molecule has 0 aliphatic carbocycles. The summed E-state index contributed by atoms with van der Waals surface area (Å²) in [4.78, 5) is 1.25. The van der Waals surface area contributed by atoms with Crippen LogP contribution < -0.4 is 5.73 Å². The second-order valence-electron chi connectivity index (χ2n) is 5.45. The maximum Gasteiger partial charge on any atom is 0.127 e. The summed E-state index contributed by atoms with van der Waals surface area (Å²) in [6, 6.07) is 12.6. The van der Waals surface area contributed by atoms with Crippen LogP contribution in [0.3, 0.4) is 0 Å². The van der Waals surface area contributed by atoms with Crippen molar-refractivity contribution in [3.8, 4) is 17.2 Å². The lowest BCUT2D eigenvalue weighted by Gasteiger charge is -2.08. The zero-order valence-electron chi connectivity index (χ0n) is 12.2. The third-order valence-corrected chi connectivity index (χ3v) is 4.74. The molecule has 0 saturated carbocycles. The van der Waals surface area contributed by atoms with Gasteiger partial charge >= 0.3 is 0 Å². The van der Waals surface area contributed by atoms with Gasteiger partial charge in [-0.15, -0.1) is 0 Å². The van der Waals surface area contributed by atoms with Gasteiger partial charge in [-0.2, -0.15) is 5.26 Å². The molecule has 1 heterocycles. The maximum absolute atomic E-state index is 14.2. The Bertz CT molecular complexity index is 754. The van der Waals surface area contributed by atoms with E-state index in [-0.39, 0.29) is 12.2 Å². The number of halogens is 1. The Morgan fingerprint density at radius 1 is 1.32 bits per heavy atom. The number of nitriles is 1. The van der Waals surface area contributed by atoms with Crippen molar-refractivity contribution in [3.05, 3.63) is 53.3 Å². The monoisotopic (exact) mass is 313 g/mol. The molecule has 2 aromatic carbocycles. The summed E-state index contributed by atoms with van der Waals surface area (Å²) in [6.45, 7) is 0.894. The molecule has 0 unspecified atom stereocenters. The van der Waals surface area contributed by atoms with Crippen molar-refractivity contribution in [2.45, 2.75) is 23.9 Å². The molecule has 22 heavy (non-hydrogen) atoms. The van der Waals surface area contributed by atoms with Gasteiger partial charge in [0.05, 0.1) is 12.1 Å². The Morgan fingerprint density at radius 3 is 2.77 bits per heavy atom. The summed E-state index contributed by atoms with van der Waals surface area (Å²) in [7, 11) is 2.05. The van der Waals surface area contributed by atoms with E-state index in [9.17, 15) is 4.39 Å². The summed E-state index contributed by atoms with van der Waals surface area (Å²) in [5.41, 5.74) is 9.15. The standard InChI is InChI=1S/C17H16FN3S/c1-21-10-14-6-11(4-5-17(14)22-21)12-2-3-13(16(18)8-12)7-15(20)9-19/h2-6,8,15H,7,10,20H2,1H3/t15-/m0/s1. The molecule has 2 aromatic rings. The first-order chi connectivity index (χ1) is 10.6. The van der Waals surface area contributed by atoms with E-state index >= 15 is 0 Å². The Kier molecular flexibility index (Phi) is 4.16. The van der Waals surface area contributed by atoms with Crippen molar-refractivity contribution in [2.24, 2.45) is 5.73 Å². The van der Waals surface area contributed by atoms with E-state index < -0.39 is 6.04 Å². The Hall–Kier alpha value is -1.87. The molecule has 1 aliphatic rings. The third-order valence-electron chi connectivity index (χ3n) is 3.70. The van der Waals surface area contributed by atoms with Crippen molar-refractivity contribution in [2.75, 3.05) is 7.05 Å². The smallest absolute Gasteiger partial charge is 0.127 e. The minimum absolute atomic E-state index is 0.230. The van der Waals surface area contributed by atoms with Gasteiger partial charge in [0.15, 0.2) is 0 Å². The van der Waals surface area contributed by atoms with E-state index in [1.165, 1.54) is 16.5 Å². The summed E-state index contributed by atoms with van der Waals surface area (Å²) in [5, 5.41) is 8.73. The van der Waals surface area contributed by atoms with Crippen LogP contribution in [0.5, 0.6) is 0 Å². The van der Waals surface area contributed by atoms with Gasteiger partial charge in [-0.1, -0.05) is 18.2 Å². The van der Waals surface area contributed by atoms with Crippen molar-refractivity contribution < 1.29 is 4.39 Å². The molecule has 0 bridgehead atoms. The maximum atomic E-state index is 14.2. The average Bonchev–Trinajstić information content (AvgIpc) is 2.88. The highest BCUT2D eigenvalue weighted by Crippen LogP contribution is 2.37. The fourth-order valence-corrected chi connectivity index (χ4v) is 3.50. The summed E-state index contributed by atoms with van der Waals surface area (Å²) in [5.74, 6) is -0.310. The van der Waals surface area contributed by atoms with Gasteiger partial charge in [-0.05, 0) is 59.4 Å². The molecule has 2 N–H and O–H groups in total. The van der Waals surface area contributed by atoms with Crippen LogP contribution in [0.2, 0.25) is 0 Å². The van der Waals surface area contributed by atoms with Crippen LogP contribution in [0.25, 0.3) is 11.1 Å². The van der Waals surface area contributed by atoms with Gasteiger partial charge in [-0.3, -0.25) is 0 Å². The van der Waals surface area contributed by atoms with E-state index in [4.69, 9.17) is 11.0 Å². The van der Waals surface area contributed by atoms with Crippen molar-refractivity contribution in [1.29, 1.82) is 5.26 Å². The lowest BCUT2D eigenvalue weighted by Crippen LogP contribution is -2.20. The highest BCUT2D eigenvalue weighted by molar-refractivity contribution is 7.97. The molecule has 0 saturated heterocycles. The molecule has 0 spiro atoms. The van der Waals surface area contributed by atoms with Crippen LogP contribution in [0.1, 0.15) is 11.1 Å². The molecule has 112 valence electrons. The number of benzene rings is 2. The zero-order valence-corrected chi connectivity index (χ0v) is 13.0. The Morgan fingerprint density at radius 2 is 2.05 bits per heavy atom. The zero-order chi connectivity index (χ0) is 15.7. The topological polar surface area (TPSA) is 53.0 Å². The fraction of sp³-hybridized carbons (Fsp3) is 0.235. The molecule has 0 radical (unpaired) electrons. The lowest BCUT2D eigenvalue weighted by atomic mass is 9.99. The van der Waals surface area contributed by atoms with Crippen LogP contribution in [0.15, 0.2) is 41.3 Å². The van der Waals surface area contributed by atoms with E-state index in [1.54, 1.807) is 18.0 Å². The predicted octanol–water partition coefficient (Wildman–Crippen LogP) is 3.34. The van der Waals surface area contributed by atoms with Gasteiger partial charge in [0.2, 0.25) is 0 Å². The van der Waals surface area contributed by atoms with Crippen LogP contribution >= 0.6 is 11.9 Å². The minimum atomic E-state index is -0.673. The molecule has 0 amide bonds. The molecule has 0 aromatic heterocycles. The number of fused-ring (bicyclic) bond motifs is 1. The van der Waals surface area contributed by atoms with Crippen LogP contribution in [0.4, 0.5) is 4.39 Å². The van der Waals surface area contributed by atoms with Gasteiger partial charge < -0.3 is 5.73 Å². The average molecular weight is 313 g/mol. The Balaban J connectivity index is 1.89. The quantitative estimate of drug-likeness (QED) is 0.883. The van der Waals surface area contributed by atoms with E-state index in [1.807, 2.05) is 18.2 Å². The number of nitrogens with zero attached hydrogens (tertiary/aromatic N) is 2. The molecule has 0 fully saturated rings. The van der Waals surface area contributed by atoms with E-state index in [2.05, 4.69) is 23.5 Å². The second-order valence-corrected chi connectivity index (χ2v) is 6.69. The van der Waals surface area contributed by atoms with Crippen LogP contribution in [0, 0.1) is 17.1 Å². The largest absolute Gasteiger partial charge is 0.316 e. The highest BCUT2D eigenvalue weighted by Gasteiger charge is 2.17. The van der Waals surface area contributed by atoms with Crippen molar-refractivity contribution in [1.82, 2.24) is 4.31 Å². The fourth-order valence-electron chi connectivity index (χ4n) is 2.59. The highest BCUT2D eigenvalue weighted by atomic mass is 32.2. The Labute approximate surface area is 133 Å². The normalized spacial score (nSPS) is 15.4. The number of nitrogens with two attached hydrogens (primary N) is 1. The van der Waals surface area contributed by atoms with Gasteiger partial charge in [0, 0.05) is 17.9 Å². The lowest BCUT2D eigenvalue weighted by molar-refractivity contribution is 0.581. The van der Waals surface area contributed by atoms with Crippen LogP contribution in [-0.2, 0) is 13.0 Å². The first kappa shape index (κ1) is 15.0. The molecule has 5 heteroatoms. The summed E-state index contributed by atoms with van der Waals surface area (Å²) < 4.78 is 16.4. The van der Waals surface area contributed by atoms with Crippen LogP contribution in [-0.4, -0.2) is 17.4 Å². The summed E-state index contributed by atoms with van der Waals surface area (Å²) >= 11 is 1.72. The third kappa shape index (κ3) is 3.00. The van der Waals surface area contributed by atoms with E-state index in [0.717, 1.165) is 17.7 Å². The van der Waals surface area contributed by atoms with Gasteiger partial charge in [-0.25, -0.2) is 8.70 Å². The predicted molar refractivity (Wildman–Crippen MR) is 86.5 cm³/mol. The number of rotatable bonds is 3. The van der Waals surface area contributed by atoms with Gasteiger partial charge in [0.25, 0.3) is 0 Å². The van der Waals surface area contributed by atoms with Crippen molar-refractivity contribution in [3.63, 3.8) is 0 Å². The summed E-state index contributed by atoms with van der Waals surface area (Å²) in [6.07, 6.45) is 0.230. The molecule has 3 rings (SSSR count). The molecule has 3 nitrogen and oxygen atoms in total. The van der Waals surface area contributed by atoms with Gasteiger partial charge in [0.1, 0.15) is 5.82 Å². The first-order valence-corrected chi connectivity index (χ1v) is 7.80. The van der Waals surface area contributed by atoms with E-state index in [0.29, 0.717) is 5.56 Å². The molecule has 1 atom stereocenters. The SMILES string of the molecule is CN1Cc2cc(-c3ccc(C[C@H](N)C#N)c(F)c3)ccc2S1.